The van der Waals surface area contributed by atoms with Crippen LogP contribution < -0.4 is 0 Å². The molecule has 0 fully saturated rings. The SMILES string of the molecule is C[C@@H](c1ccc(Br)cc1)N(C(=O)OC(C)(C)C)C(=O)OC(C)(C)C. The van der Waals surface area contributed by atoms with Gasteiger partial charge in [-0.15, -0.1) is 0 Å². The summed E-state index contributed by atoms with van der Waals surface area (Å²) in [6.07, 6.45) is -1.46. The van der Waals surface area contributed by atoms with Crippen molar-refractivity contribution >= 4 is 28.1 Å². The normalized spacial score (nSPS) is 13.2. The number of carbonyl (C=O) groups is 2. The molecule has 0 N–H and O–H groups in total. The molecule has 0 heterocycles. The molecule has 0 aliphatic heterocycles. The minimum absolute atomic E-state index is 0.525. The summed E-state index contributed by atoms with van der Waals surface area (Å²) >= 11 is 3.37. The van der Waals surface area contributed by atoms with Gasteiger partial charge in [0.1, 0.15) is 11.2 Å². The molecule has 1 aromatic rings. The fourth-order valence-electron chi connectivity index (χ4n) is 1.90. The average Bonchev–Trinajstić information content (AvgIpc) is 2.34. The first-order chi connectivity index (χ1) is 10.8. The molecule has 0 bridgehead atoms. The summed E-state index contributed by atoms with van der Waals surface area (Å²) in [5, 5.41) is 0. The Kier molecular flexibility index (Phi) is 6.45. The number of amides is 2. The van der Waals surface area contributed by atoms with Gasteiger partial charge in [0.15, 0.2) is 0 Å². The molecule has 0 aliphatic rings. The first kappa shape index (κ1) is 20.5. The lowest BCUT2D eigenvalue weighted by Gasteiger charge is -2.32. The van der Waals surface area contributed by atoms with Crippen LogP contribution in [-0.2, 0) is 9.47 Å². The van der Waals surface area contributed by atoms with Gasteiger partial charge in [-0.05, 0) is 66.2 Å². The second-order valence-corrected chi connectivity index (χ2v) is 8.47. The van der Waals surface area contributed by atoms with Crippen LogP contribution in [0.5, 0.6) is 0 Å². The van der Waals surface area contributed by atoms with E-state index < -0.39 is 29.4 Å². The maximum atomic E-state index is 12.6. The highest BCUT2D eigenvalue weighted by atomic mass is 79.9. The maximum Gasteiger partial charge on any atom is 0.420 e. The number of halogens is 1. The van der Waals surface area contributed by atoms with Crippen LogP contribution in [0.25, 0.3) is 0 Å². The Hall–Kier alpha value is -1.56. The predicted octanol–water partition coefficient (Wildman–Crippen LogP) is 5.68. The largest absolute Gasteiger partial charge is 0.443 e. The van der Waals surface area contributed by atoms with Crippen molar-refractivity contribution in [3.8, 4) is 0 Å². The quantitative estimate of drug-likeness (QED) is 0.641. The van der Waals surface area contributed by atoms with Crippen LogP contribution >= 0.6 is 15.9 Å². The fourth-order valence-corrected chi connectivity index (χ4v) is 2.17. The molecule has 0 unspecified atom stereocenters. The Morgan fingerprint density at radius 2 is 1.29 bits per heavy atom. The van der Waals surface area contributed by atoms with Gasteiger partial charge in [0.2, 0.25) is 0 Å². The smallest absolute Gasteiger partial charge is 0.420 e. The molecule has 0 aliphatic carbocycles. The van der Waals surface area contributed by atoms with Crippen LogP contribution in [0.1, 0.15) is 60.1 Å². The van der Waals surface area contributed by atoms with E-state index in [4.69, 9.17) is 9.47 Å². The van der Waals surface area contributed by atoms with Crippen molar-refractivity contribution < 1.29 is 19.1 Å². The topological polar surface area (TPSA) is 55.8 Å². The third-order valence-electron chi connectivity index (χ3n) is 2.92. The molecule has 0 radical (unpaired) electrons. The highest BCUT2D eigenvalue weighted by molar-refractivity contribution is 9.10. The summed E-state index contributed by atoms with van der Waals surface area (Å²) in [7, 11) is 0. The summed E-state index contributed by atoms with van der Waals surface area (Å²) in [6, 6.07) is 6.87. The zero-order chi connectivity index (χ0) is 18.7. The van der Waals surface area contributed by atoms with E-state index in [9.17, 15) is 9.59 Å². The first-order valence-corrected chi connectivity index (χ1v) is 8.60. The van der Waals surface area contributed by atoms with Crippen LogP contribution in [0.4, 0.5) is 9.59 Å². The van der Waals surface area contributed by atoms with Crippen LogP contribution in [0.3, 0.4) is 0 Å². The van der Waals surface area contributed by atoms with Gasteiger partial charge >= 0.3 is 12.2 Å². The number of hydrogen-bond acceptors (Lipinski definition) is 4. The highest BCUT2D eigenvalue weighted by Crippen LogP contribution is 2.26. The number of carbonyl (C=O) groups excluding carboxylic acids is 2. The molecular weight excluding hydrogens is 374 g/mol. The van der Waals surface area contributed by atoms with Gasteiger partial charge in [-0.2, -0.15) is 0 Å². The number of rotatable bonds is 2. The van der Waals surface area contributed by atoms with E-state index in [1.54, 1.807) is 48.5 Å². The van der Waals surface area contributed by atoms with Gasteiger partial charge in [-0.3, -0.25) is 0 Å². The fraction of sp³-hybridized carbons (Fsp3) is 0.556. The van der Waals surface area contributed by atoms with Crippen molar-refractivity contribution in [3.05, 3.63) is 34.3 Å². The monoisotopic (exact) mass is 399 g/mol. The van der Waals surface area contributed by atoms with Crippen LogP contribution in [0.15, 0.2) is 28.7 Å². The van der Waals surface area contributed by atoms with E-state index in [1.807, 2.05) is 24.3 Å². The van der Waals surface area contributed by atoms with Gasteiger partial charge in [0, 0.05) is 4.47 Å². The van der Waals surface area contributed by atoms with E-state index >= 15 is 0 Å². The molecule has 0 saturated heterocycles. The van der Waals surface area contributed by atoms with Crippen LogP contribution in [0.2, 0.25) is 0 Å². The van der Waals surface area contributed by atoms with E-state index in [0.717, 1.165) is 14.9 Å². The van der Waals surface area contributed by atoms with Crippen molar-refractivity contribution in [1.29, 1.82) is 0 Å². The van der Waals surface area contributed by atoms with E-state index in [0.29, 0.717) is 0 Å². The Balaban J connectivity index is 3.14. The molecule has 5 nitrogen and oxygen atoms in total. The average molecular weight is 400 g/mol. The van der Waals surface area contributed by atoms with Crippen molar-refractivity contribution in [3.63, 3.8) is 0 Å². The van der Waals surface area contributed by atoms with Crippen LogP contribution in [-0.4, -0.2) is 28.3 Å². The molecule has 1 aromatic carbocycles. The second kappa shape index (κ2) is 7.55. The summed E-state index contributed by atoms with van der Waals surface area (Å²) in [4.78, 5) is 26.1. The summed E-state index contributed by atoms with van der Waals surface area (Å²) < 4.78 is 11.7. The predicted molar refractivity (Wildman–Crippen MR) is 96.9 cm³/mol. The number of ether oxygens (including phenoxy) is 2. The van der Waals surface area contributed by atoms with Gasteiger partial charge in [-0.25, -0.2) is 14.5 Å². The van der Waals surface area contributed by atoms with Gasteiger partial charge in [-0.1, -0.05) is 28.1 Å². The van der Waals surface area contributed by atoms with E-state index in [2.05, 4.69) is 15.9 Å². The lowest BCUT2D eigenvalue weighted by Crippen LogP contribution is -2.44. The summed E-state index contributed by atoms with van der Waals surface area (Å²) in [5.41, 5.74) is -0.622. The van der Waals surface area contributed by atoms with E-state index in [-0.39, 0.29) is 0 Å². The number of nitrogens with zero attached hydrogens (tertiary/aromatic N) is 1. The standard InChI is InChI=1S/C18H26BrNO4/c1-12(13-8-10-14(19)11-9-13)20(15(21)23-17(2,3)4)16(22)24-18(5,6)7/h8-12H,1-7H3/t12-/m0/s1. The molecule has 2 amide bonds. The molecule has 0 spiro atoms. The maximum absolute atomic E-state index is 12.6. The highest BCUT2D eigenvalue weighted by Gasteiger charge is 2.35. The van der Waals surface area contributed by atoms with Crippen molar-refractivity contribution in [1.82, 2.24) is 4.90 Å². The Bertz CT molecular complexity index is 557. The minimum Gasteiger partial charge on any atom is -0.443 e. The van der Waals surface area contributed by atoms with Gasteiger partial charge < -0.3 is 9.47 Å². The third kappa shape index (κ3) is 6.51. The van der Waals surface area contributed by atoms with E-state index in [1.165, 1.54) is 0 Å². The summed E-state index contributed by atoms with van der Waals surface area (Å²) in [5.74, 6) is 0. The van der Waals surface area contributed by atoms with Gasteiger partial charge in [0.05, 0.1) is 6.04 Å². The van der Waals surface area contributed by atoms with Gasteiger partial charge in [0.25, 0.3) is 0 Å². The lowest BCUT2D eigenvalue weighted by atomic mass is 10.1. The Morgan fingerprint density at radius 3 is 1.62 bits per heavy atom. The zero-order valence-corrected chi connectivity index (χ0v) is 16.9. The zero-order valence-electron chi connectivity index (χ0n) is 15.3. The number of benzene rings is 1. The number of hydrogen-bond donors (Lipinski definition) is 0. The third-order valence-corrected chi connectivity index (χ3v) is 3.45. The lowest BCUT2D eigenvalue weighted by molar-refractivity contribution is -0.00608. The molecule has 0 aromatic heterocycles. The minimum atomic E-state index is -0.729. The molecule has 6 heteroatoms. The van der Waals surface area contributed by atoms with Crippen molar-refractivity contribution in [2.75, 3.05) is 0 Å². The molecule has 134 valence electrons. The van der Waals surface area contributed by atoms with Crippen molar-refractivity contribution in [2.24, 2.45) is 0 Å². The molecule has 24 heavy (non-hydrogen) atoms. The Morgan fingerprint density at radius 1 is 0.917 bits per heavy atom. The Labute approximate surface area is 152 Å². The van der Waals surface area contributed by atoms with Crippen LogP contribution in [0, 0.1) is 0 Å². The van der Waals surface area contributed by atoms with Crippen molar-refractivity contribution in [2.45, 2.75) is 65.7 Å². The first-order valence-electron chi connectivity index (χ1n) is 7.81. The molecular formula is C18H26BrNO4. The number of imide groups is 1. The summed E-state index contributed by atoms with van der Waals surface area (Å²) in [6.45, 7) is 12.3. The molecule has 0 saturated carbocycles. The molecule has 1 atom stereocenters. The second-order valence-electron chi connectivity index (χ2n) is 7.56. The molecule has 1 rings (SSSR count).